The summed E-state index contributed by atoms with van der Waals surface area (Å²) in [6, 6.07) is 10.1. The summed E-state index contributed by atoms with van der Waals surface area (Å²) in [5.41, 5.74) is 0.597. The van der Waals surface area contributed by atoms with Gasteiger partial charge in [-0.2, -0.15) is 18.4 Å². The summed E-state index contributed by atoms with van der Waals surface area (Å²) in [5.74, 6) is -1.26. The molecule has 2 aromatic rings. The second-order valence-corrected chi connectivity index (χ2v) is 6.67. The van der Waals surface area contributed by atoms with Crippen LogP contribution in [0.1, 0.15) is 22.0 Å². The van der Waals surface area contributed by atoms with E-state index in [0.717, 1.165) is 0 Å². The lowest BCUT2D eigenvalue weighted by molar-refractivity contribution is -0.154. The molecule has 0 unspecified atom stereocenters. The monoisotopic (exact) mass is 422 g/mol. The lowest BCUT2D eigenvalue weighted by Gasteiger charge is -2.37. The molecule has 0 radical (unpaired) electrons. The molecule has 1 aliphatic heterocycles. The first-order valence-electron chi connectivity index (χ1n) is 9.11. The van der Waals surface area contributed by atoms with Crippen molar-refractivity contribution in [3.05, 3.63) is 59.5 Å². The Kier molecular flexibility index (Phi) is 6.52. The number of amides is 1. The number of alkyl halides is 3. The van der Waals surface area contributed by atoms with Crippen LogP contribution in [-0.2, 0) is 0 Å². The summed E-state index contributed by atoms with van der Waals surface area (Å²) in [6.45, 7) is -0.252. The Bertz CT molecular complexity index is 920. The number of benzene rings is 1. The number of nitrogens with zero attached hydrogens (tertiary/aromatic N) is 4. The number of rotatable bonds is 5. The number of halogens is 4. The van der Waals surface area contributed by atoms with Gasteiger partial charge in [-0.05, 0) is 29.8 Å². The van der Waals surface area contributed by atoms with Crippen molar-refractivity contribution in [2.75, 3.05) is 32.8 Å². The minimum Gasteiger partial charge on any atom is -0.467 e. The molecule has 1 aromatic heterocycles. The average Bonchev–Trinajstić information content (AvgIpc) is 2.74. The highest BCUT2D eigenvalue weighted by Crippen LogP contribution is 2.24. The van der Waals surface area contributed by atoms with E-state index in [-0.39, 0.29) is 24.5 Å². The van der Waals surface area contributed by atoms with Gasteiger partial charge >= 0.3 is 6.18 Å². The molecule has 6 nitrogen and oxygen atoms in total. The Labute approximate surface area is 170 Å². The van der Waals surface area contributed by atoms with Gasteiger partial charge in [-0.25, -0.2) is 9.37 Å². The predicted octanol–water partition coefficient (Wildman–Crippen LogP) is 3.18. The Morgan fingerprint density at radius 2 is 1.83 bits per heavy atom. The first-order chi connectivity index (χ1) is 14.3. The van der Waals surface area contributed by atoms with E-state index in [0.29, 0.717) is 18.7 Å². The molecule has 1 fully saturated rings. The molecule has 0 aliphatic carbocycles. The largest absolute Gasteiger partial charge is 0.467 e. The van der Waals surface area contributed by atoms with Crippen molar-refractivity contribution in [3.63, 3.8) is 0 Å². The van der Waals surface area contributed by atoms with Crippen LogP contribution in [0.5, 0.6) is 5.88 Å². The van der Waals surface area contributed by atoms with E-state index in [4.69, 9.17) is 4.74 Å². The number of hydrogen-bond donors (Lipinski definition) is 0. The van der Waals surface area contributed by atoms with Gasteiger partial charge in [0.1, 0.15) is 17.4 Å². The minimum atomic E-state index is -4.55. The number of nitriles is 1. The second-order valence-electron chi connectivity index (χ2n) is 6.67. The van der Waals surface area contributed by atoms with Gasteiger partial charge in [-0.15, -0.1) is 0 Å². The first-order valence-corrected chi connectivity index (χ1v) is 9.11. The summed E-state index contributed by atoms with van der Waals surface area (Å²) < 4.78 is 55.1. The number of aromatic nitrogens is 1. The van der Waals surface area contributed by atoms with Crippen LogP contribution in [0.4, 0.5) is 17.6 Å². The van der Waals surface area contributed by atoms with Crippen LogP contribution in [0.25, 0.3) is 0 Å². The topological polar surface area (TPSA) is 69.5 Å². The Balaban J connectivity index is 1.66. The molecule has 10 heteroatoms. The summed E-state index contributed by atoms with van der Waals surface area (Å²) in [4.78, 5) is 19.9. The summed E-state index contributed by atoms with van der Waals surface area (Å²) in [7, 11) is 0. The van der Waals surface area contributed by atoms with Crippen molar-refractivity contribution in [1.29, 1.82) is 5.26 Å². The Morgan fingerprint density at radius 3 is 2.43 bits per heavy atom. The Hall–Kier alpha value is -3.19. The standard InChI is InChI=1S/C20H18F4N4O2/c21-15-5-3-14(4-6-15)17(12-25)27-8-10-28(11-9-27)19(29)16-2-1-7-26-18(16)30-13-20(22,23)24/h1-7,17H,8-11,13H2/t17-/m0/s1. The molecule has 0 spiro atoms. The fourth-order valence-corrected chi connectivity index (χ4v) is 3.18. The molecule has 1 atom stereocenters. The maximum atomic E-state index is 13.1. The minimum absolute atomic E-state index is 0.0504. The molecule has 0 N–H and O–H groups in total. The van der Waals surface area contributed by atoms with Gasteiger partial charge in [-0.1, -0.05) is 12.1 Å². The van der Waals surface area contributed by atoms with E-state index in [2.05, 4.69) is 11.1 Å². The summed E-state index contributed by atoms with van der Waals surface area (Å²) in [6.07, 6.45) is -3.29. The van der Waals surface area contributed by atoms with E-state index in [1.54, 1.807) is 12.1 Å². The molecule has 1 aliphatic rings. The van der Waals surface area contributed by atoms with Crippen molar-refractivity contribution in [1.82, 2.24) is 14.8 Å². The molecule has 2 heterocycles. The molecular weight excluding hydrogens is 404 g/mol. The molecule has 1 amide bonds. The second kappa shape index (κ2) is 9.09. The van der Waals surface area contributed by atoms with Gasteiger partial charge in [0, 0.05) is 32.4 Å². The number of carbonyl (C=O) groups excluding carboxylic acids is 1. The third kappa shape index (κ3) is 5.24. The van der Waals surface area contributed by atoms with Crippen LogP contribution in [0, 0.1) is 17.1 Å². The number of carbonyl (C=O) groups is 1. The van der Waals surface area contributed by atoms with Crippen LogP contribution >= 0.6 is 0 Å². The zero-order valence-electron chi connectivity index (χ0n) is 15.8. The normalized spacial score (nSPS) is 16.0. The SMILES string of the molecule is N#C[C@@H](c1ccc(F)cc1)N1CCN(C(=O)c2cccnc2OCC(F)(F)F)CC1. The van der Waals surface area contributed by atoms with E-state index < -0.39 is 30.5 Å². The fraction of sp³-hybridized carbons (Fsp3) is 0.350. The third-order valence-electron chi connectivity index (χ3n) is 4.65. The van der Waals surface area contributed by atoms with Crippen LogP contribution in [0.3, 0.4) is 0 Å². The fourth-order valence-electron chi connectivity index (χ4n) is 3.18. The highest BCUT2D eigenvalue weighted by atomic mass is 19.4. The average molecular weight is 422 g/mol. The highest BCUT2D eigenvalue weighted by molar-refractivity contribution is 5.96. The van der Waals surface area contributed by atoms with E-state index in [9.17, 15) is 27.6 Å². The maximum absolute atomic E-state index is 13.1. The van der Waals surface area contributed by atoms with Crippen molar-refractivity contribution in [2.24, 2.45) is 0 Å². The van der Waals surface area contributed by atoms with Crippen LogP contribution in [0.15, 0.2) is 42.6 Å². The molecule has 1 saturated heterocycles. The molecular formula is C20H18F4N4O2. The Morgan fingerprint density at radius 1 is 1.17 bits per heavy atom. The van der Waals surface area contributed by atoms with Gasteiger partial charge < -0.3 is 9.64 Å². The van der Waals surface area contributed by atoms with Gasteiger partial charge in [0.25, 0.3) is 5.91 Å². The molecule has 0 bridgehead atoms. The van der Waals surface area contributed by atoms with Gasteiger partial charge in [0.05, 0.1) is 6.07 Å². The quantitative estimate of drug-likeness (QED) is 0.693. The predicted molar refractivity (Wildman–Crippen MR) is 98.0 cm³/mol. The van der Waals surface area contributed by atoms with Crippen molar-refractivity contribution in [2.45, 2.75) is 12.2 Å². The molecule has 158 valence electrons. The van der Waals surface area contributed by atoms with Crippen molar-refractivity contribution >= 4 is 5.91 Å². The lowest BCUT2D eigenvalue weighted by Crippen LogP contribution is -2.49. The number of hydrogen-bond acceptors (Lipinski definition) is 5. The highest BCUT2D eigenvalue weighted by Gasteiger charge is 2.31. The van der Waals surface area contributed by atoms with Crippen molar-refractivity contribution < 1.29 is 27.1 Å². The van der Waals surface area contributed by atoms with Crippen LogP contribution in [-0.4, -0.2) is 59.7 Å². The lowest BCUT2D eigenvalue weighted by atomic mass is 10.1. The molecule has 0 saturated carbocycles. The zero-order valence-corrected chi connectivity index (χ0v) is 15.8. The number of piperazine rings is 1. The van der Waals surface area contributed by atoms with Gasteiger partial charge in [0.15, 0.2) is 6.61 Å². The van der Waals surface area contributed by atoms with Crippen molar-refractivity contribution in [3.8, 4) is 11.9 Å². The van der Waals surface area contributed by atoms with Crippen LogP contribution < -0.4 is 4.74 Å². The third-order valence-corrected chi connectivity index (χ3v) is 4.65. The van der Waals surface area contributed by atoms with Crippen LogP contribution in [0.2, 0.25) is 0 Å². The molecule has 3 rings (SSSR count). The van der Waals surface area contributed by atoms with Gasteiger partial charge in [0.2, 0.25) is 5.88 Å². The smallest absolute Gasteiger partial charge is 0.422 e. The molecule has 30 heavy (non-hydrogen) atoms. The summed E-state index contributed by atoms with van der Waals surface area (Å²) in [5, 5.41) is 9.53. The molecule has 1 aromatic carbocycles. The first kappa shape index (κ1) is 21.5. The number of ether oxygens (including phenoxy) is 1. The summed E-state index contributed by atoms with van der Waals surface area (Å²) >= 11 is 0. The van der Waals surface area contributed by atoms with Gasteiger partial charge in [-0.3, -0.25) is 9.69 Å². The zero-order chi connectivity index (χ0) is 21.7. The van der Waals surface area contributed by atoms with E-state index in [1.165, 1.54) is 35.4 Å². The maximum Gasteiger partial charge on any atom is 0.422 e. The van der Waals surface area contributed by atoms with E-state index >= 15 is 0 Å². The van der Waals surface area contributed by atoms with E-state index in [1.807, 2.05) is 4.90 Å². The number of pyridine rings is 1.